The fourth-order valence-electron chi connectivity index (χ4n) is 1.55. The summed E-state index contributed by atoms with van der Waals surface area (Å²) >= 11 is 2.93. The highest BCUT2D eigenvalue weighted by molar-refractivity contribution is 9.10. The Balaban J connectivity index is 2.75. The smallest absolute Gasteiger partial charge is 0.257 e. The lowest BCUT2D eigenvalue weighted by molar-refractivity contribution is -0.122. The number of carbonyl (C=O) groups is 2. The van der Waals surface area contributed by atoms with Crippen molar-refractivity contribution in [3.05, 3.63) is 33.8 Å². The molecule has 21 heavy (non-hydrogen) atoms. The molecule has 0 spiro atoms. The molecule has 0 aliphatic carbocycles. The van der Waals surface area contributed by atoms with Gasteiger partial charge in [0.2, 0.25) is 5.91 Å². The number of hydrogen-bond acceptors (Lipinski definition) is 2. The van der Waals surface area contributed by atoms with Gasteiger partial charge in [-0.15, -0.1) is 0 Å². The van der Waals surface area contributed by atoms with Crippen LogP contribution in [0.5, 0.6) is 0 Å². The summed E-state index contributed by atoms with van der Waals surface area (Å²) in [7, 11) is 0. The maximum atomic E-state index is 13.6. The Hall–Kier alpha value is -1.50. The monoisotopic (exact) mass is 362 g/mol. The maximum absolute atomic E-state index is 13.6. The summed E-state index contributed by atoms with van der Waals surface area (Å²) in [5.74, 6) is -3.10. The number of amides is 2. The molecule has 0 radical (unpaired) electrons. The second-order valence-electron chi connectivity index (χ2n) is 5.08. The SMILES string of the molecule is CC(C)CNC(=O)C(C)NC(=O)c1c(F)cc(Br)cc1F. The van der Waals surface area contributed by atoms with Gasteiger partial charge in [0, 0.05) is 11.0 Å². The minimum absolute atomic E-state index is 0.191. The van der Waals surface area contributed by atoms with Gasteiger partial charge in [-0.1, -0.05) is 29.8 Å². The van der Waals surface area contributed by atoms with Crippen molar-refractivity contribution in [2.75, 3.05) is 6.54 Å². The summed E-state index contributed by atoms with van der Waals surface area (Å²) in [5.41, 5.74) is -0.707. The van der Waals surface area contributed by atoms with Crippen molar-refractivity contribution in [3.8, 4) is 0 Å². The molecule has 0 aliphatic rings. The first-order chi connectivity index (χ1) is 9.72. The molecule has 0 fully saturated rings. The molecule has 0 saturated carbocycles. The molecule has 0 saturated heterocycles. The van der Waals surface area contributed by atoms with Crippen LogP contribution >= 0.6 is 15.9 Å². The highest BCUT2D eigenvalue weighted by Crippen LogP contribution is 2.19. The first kappa shape index (κ1) is 17.6. The van der Waals surface area contributed by atoms with Gasteiger partial charge in [0.05, 0.1) is 0 Å². The zero-order valence-electron chi connectivity index (χ0n) is 12.0. The lowest BCUT2D eigenvalue weighted by atomic mass is 10.1. The minimum Gasteiger partial charge on any atom is -0.354 e. The first-order valence-corrected chi connectivity index (χ1v) is 7.24. The molecular weight excluding hydrogens is 346 g/mol. The van der Waals surface area contributed by atoms with Gasteiger partial charge in [-0.2, -0.15) is 0 Å². The average Bonchev–Trinajstić information content (AvgIpc) is 2.34. The third-order valence-electron chi connectivity index (χ3n) is 2.66. The molecule has 7 heteroatoms. The zero-order chi connectivity index (χ0) is 16.2. The highest BCUT2D eigenvalue weighted by Gasteiger charge is 2.22. The van der Waals surface area contributed by atoms with Crippen LogP contribution < -0.4 is 10.6 Å². The van der Waals surface area contributed by atoms with E-state index in [9.17, 15) is 18.4 Å². The largest absolute Gasteiger partial charge is 0.354 e. The summed E-state index contributed by atoms with van der Waals surface area (Å²) in [6, 6.07) is 1.09. The fourth-order valence-corrected chi connectivity index (χ4v) is 1.95. The predicted octanol–water partition coefficient (Wildman–Crippen LogP) is 2.62. The van der Waals surface area contributed by atoms with Crippen molar-refractivity contribution in [2.45, 2.75) is 26.8 Å². The summed E-state index contributed by atoms with van der Waals surface area (Å²) in [4.78, 5) is 23.6. The molecule has 2 amide bonds. The standard InChI is InChI=1S/C14H17BrF2N2O2/c1-7(2)6-18-13(20)8(3)19-14(21)12-10(16)4-9(15)5-11(12)17/h4-5,7-8H,6H2,1-3H3,(H,18,20)(H,19,21). The van der Waals surface area contributed by atoms with E-state index in [4.69, 9.17) is 0 Å². The van der Waals surface area contributed by atoms with Crippen LogP contribution in [0, 0.1) is 17.6 Å². The Labute approximate surface area is 130 Å². The molecule has 116 valence electrons. The van der Waals surface area contributed by atoms with Gasteiger partial charge in [0.25, 0.3) is 5.91 Å². The second-order valence-corrected chi connectivity index (χ2v) is 5.99. The summed E-state index contributed by atoms with van der Waals surface area (Å²) in [6.07, 6.45) is 0. The fraction of sp³-hybridized carbons (Fsp3) is 0.429. The number of hydrogen-bond donors (Lipinski definition) is 2. The number of nitrogens with one attached hydrogen (secondary N) is 2. The van der Waals surface area contributed by atoms with Crippen LogP contribution in [-0.2, 0) is 4.79 Å². The van der Waals surface area contributed by atoms with Crippen LogP contribution in [-0.4, -0.2) is 24.4 Å². The maximum Gasteiger partial charge on any atom is 0.257 e. The van der Waals surface area contributed by atoms with Gasteiger partial charge in [-0.05, 0) is 25.0 Å². The van der Waals surface area contributed by atoms with E-state index < -0.39 is 35.1 Å². The molecule has 0 heterocycles. The molecule has 0 aromatic heterocycles. The van der Waals surface area contributed by atoms with Crippen LogP contribution in [0.25, 0.3) is 0 Å². The Bertz CT molecular complexity index is 527. The van der Waals surface area contributed by atoms with E-state index in [2.05, 4.69) is 26.6 Å². The number of carbonyl (C=O) groups excluding carboxylic acids is 2. The number of benzene rings is 1. The van der Waals surface area contributed by atoms with Crippen molar-refractivity contribution in [2.24, 2.45) is 5.92 Å². The predicted molar refractivity (Wildman–Crippen MR) is 78.8 cm³/mol. The van der Waals surface area contributed by atoms with E-state index in [0.717, 1.165) is 12.1 Å². The Morgan fingerprint density at radius 1 is 1.19 bits per heavy atom. The first-order valence-electron chi connectivity index (χ1n) is 6.45. The average molecular weight is 363 g/mol. The molecule has 4 nitrogen and oxygen atoms in total. The highest BCUT2D eigenvalue weighted by atomic mass is 79.9. The van der Waals surface area contributed by atoms with E-state index in [1.165, 1.54) is 6.92 Å². The topological polar surface area (TPSA) is 58.2 Å². The zero-order valence-corrected chi connectivity index (χ0v) is 13.6. The van der Waals surface area contributed by atoms with E-state index in [1.807, 2.05) is 13.8 Å². The number of halogens is 3. The molecular formula is C14H17BrF2N2O2. The van der Waals surface area contributed by atoms with Crippen LogP contribution in [0.2, 0.25) is 0 Å². The Morgan fingerprint density at radius 2 is 1.71 bits per heavy atom. The van der Waals surface area contributed by atoms with Gasteiger partial charge < -0.3 is 10.6 Å². The molecule has 1 atom stereocenters. The summed E-state index contributed by atoms with van der Waals surface area (Å²) < 4.78 is 27.5. The van der Waals surface area contributed by atoms with Crippen LogP contribution in [0.1, 0.15) is 31.1 Å². The van der Waals surface area contributed by atoms with Crippen molar-refractivity contribution in [1.82, 2.24) is 10.6 Å². The van der Waals surface area contributed by atoms with Crippen molar-refractivity contribution in [3.63, 3.8) is 0 Å². The quantitative estimate of drug-likeness (QED) is 0.845. The van der Waals surface area contributed by atoms with Crippen LogP contribution in [0.3, 0.4) is 0 Å². The molecule has 1 rings (SSSR count). The molecule has 1 unspecified atom stereocenters. The Kier molecular flexibility index (Phi) is 6.26. The van der Waals surface area contributed by atoms with Gasteiger partial charge in [-0.25, -0.2) is 8.78 Å². The lowest BCUT2D eigenvalue weighted by Gasteiger charge is -2.15. The number of rotatable bonds is 5. The molecule has 2 N–H and O–H groups in total. The van der Waals surface area contributed by atoms with E-state index in [0.29, 0.717) is 6.54 Å². The normalized spacial score (nSPS) is 12.1. The molecule has 0 aliphatic heterocycles. The molecule has 1 aromatic carbocycles. The van der Waals surface area contributed by atoms with Gasteiger partial charge >= 0.3 is 0 Å². The van der Waals surface area contributed by atoms with Crippen molar-refractivity contribution < 1.29 is 18.4 Å². The van der Waals surface area contributed by atoms with Gasteiger partial charge in [-0.3, -0.25) is 9.59 Å². The van der Waals surface area contributed by atoms with Gasteiger partial charge in [0.1, 0.15) is 23.2 Å². The van der Waals surface area contributed by atoms with Crippen LogP contribution in [0.4, 0.5) is 8.78 Å². The Morgan fingerprint density at radius 3 is 2.19 bits per heavy atom. The minimum atomic E-state index is -0.992. The molecule has 0 bridgehead atoms. The summed E-state index contributed by atoms with van der Waals surface area (Å²) in [6.45, 7) is 5.76. The van der Waals surface area contributed by atoms with Gasteiger partial charge in [0.15, 0.2) is 0 Å². The summed E-state index contributed by atoms with van der Waals surface area (Å²) in [5, 5.41) is 4.90. The third-order valence-corrected chi connectivity index (χ3v) is 3.12. The van der Waals surface area contributed by atoms with Crippen molar-refractivity contribution in [1.29, 1.82) is 0 Å². The third kappa shape index (κ3) is 5.08. The van der Waals surface area contributed by atoms with Crippen LogP contribution in [0.15, 0.2) is 16.6 Å². The van der Waals surface area contributed by atoms with Crippen molar-refractivity contribution >= 4 is 27.7 Å². The van der Waals surface area contributed by atoms with E-state index in [1.54, 1.807) is 0 Å². The second kappa shape index (κ2) is 7.49. The lowest BCUT2D eigenvalue weighted by Crippen LogP contribution is -2.46. The van der Waals surface area contributed by atoms with E-state index in [-0.39, 0.29) is 10.4 Å². The molecule has 1 aromatic rings. The van der Waals surface area contributed by atoms with E-state index >= 15 is 0 Å².